The molecule has 2 aromatic rings. The third-order valence-corrected chi connectivity index (χ3v) is 4.19. The van der Waals surface area contributed by atoms with E-state index < -0.39 is 0 Å². The van der Waals surface area contributed by atoms with Crippen LogP contribution < -0.4 is 0 Å². The summed E-state index contributed by atoms with van der Waals surface area (Å²) in [5, 5.41) is 0. The van der Waals surface area contributed by atoms with Crippen molar-refractivity contribution in [3.63, 3.8) is 0 Å². The highest BCUT2D eigenvalue weighted by Gasteiger charge is 2.17. The highest BCUT2D eigenvalue weighted by molar-refractivity contribution is 5.76. The van der Waals surface area contributed by atoms with E-state index in [2.05, 4.69) is 19.1 Å². The summed E-state index contributed by atoms with van der Waals surface area (Å²) >= 11 is 0. The average molecular weight is 327 g/mol. The maximum absolute atomic E-state index is 13.3. The number of benzene rings is 2. The molecule has 1 fully saturated rings. The van der Waals surface area contributed by atoms with E-state index in [0.29, 0.717) is 18.4 Å². The molecule has 2 nitrogen and oxygen atoms in total. The fraction of sp³-hybridized carbons (Fsp3) is 0.381. The lowest BCUT2D eigenvalue weighted by molar-refractivity contribution is -0.130. The summed E-state index contributed by atoms with van der Waals surface area (Å²) in [6.07, 6.45) is 4.16. The van der Waals surface area contributed by atoms with Gasteiger partial charge in [0, 0.05) is 19.5 Å². The van der Waals surface area contributed by atoms with Gasteiger partial charge in [-0.1, -0.05) is 54.1 Å². The lowest BCUT2D eigenvalue weighted by atomic mass is 10.1. The minimum absolute atomic E-state index is 0.166. The Morgan fingerprint density at radius 2 is 1.62 bits per heavy atom. The first-order valence-corrected chi connectivity index (χ1v) is 8.69. The molecule has 0 spiro atoms. The minimum atomic E-state index is -0.166. The van der Waals surface area contributed by atoms with E-state index in [4.69, 9.17) is 0 Å². The summed E-state index contributed by atoms with van der Waals surface area (Å²) < 4.78 is 13.3. The Labute approximate surface area is 144 Å². The Bertz CT molecular complexity index is 621. The molecule has 128 valence electrons. The van der Waals surface area contributed by atoms with Gasteiger partial charge >= 0.3 is 0 Å². The first-order valence-electron chi connectivity index (χ1n) is 8.69. The van der Waals surface area contributed by atoms with Gasteiger partial charge in [-0.3, -0.25) is 4.79 Å². The molecule has 0 atom stereocenters. The van der Waals surface area contributed by atoms with E-state index in [1.807, 2.05) is 29.2 Å². The van der Waals surface area contributed by atoms with Gasteiger partial charge in [0.2, 0.25) is 5.91 Å². The van der Waals surface area contributed by atoms with Crippen molar-refractivity contribution in [2.24, 2.45) is 0 Å². The third-order valence-electron chi connectivity index (χ3n) is 4.19. The standard InChI is InChI=1S/C14H18FNO.C7H8/c15-13-8-2-1-6-12(13)7-5-9-14(17)16-10-3-4-11-16;1-7-5-3-2-4-6-7/h1-2,6,8H,3-5,7,9-11H2;2-6H,1H3. The maximum Gasteiger partial charge on any atom is 0.222 e. The van der Waals surface area contributed by atoms with Crippen molar-refractivity contribution in [2.75, 3.05) is 13.1 Å². The van der Waals surface area contributed by atoms with Gasteiger partial charge in [-0.05, 0) is 44.2 Å². The van der Waals surface area contributed by atoms with Crippen molar-refractivity contribution in [1.29, 1.82) is 0 Å². The molecule has 0 aromatic heterocycles. The number of nitrogens with zero attached hydrogens (tertiary/aromatic N) is 1. The molecule has 0 unspecified atom stereocenters. The van der Waals surface area contributed by atoms with Crippen LogP contribution in [0.4, 0.5) is 4.39 Å². The maximum atomic E-state index is 13.3. The minimum Gasteiger partial charge on any atom is -0.343 e. The third kappa shape index (κ3) is 6.15. The molecule has 0 aliphatic carbocycles. The summed E-state index contributed by atoms with van der Waals surface area (Å²) in [5.74, 6) is 0.0555. The fourth-order valence-electron chi connectivity index (χ4n) is 2.79. The van der Waals surface area contributed by atoms with Crippen LogP contribution in [0.5, 0.6) is 0 Å². The number of halogens is 1. The van der Waals surface area contributed by atoms with Crippen molar-refractivity contribution in [3.05, 3.63) is 71.5 Å². The largest absolute Gasteiger partial charge is 0.343 e. The molecule has 2 aromatic carbocycles. The zero-order valence-electron chi connectivity index (χ0n) is 14.4. The molecule has 1 aliphatic rings. The fourth-order valence-corrected chi connectivity index (χ4v) is 2.79. The molecule has 24 heavy (non-hydrogen) atoms. The first kappa shape index (κ1) is 18.2. The van der Waals surface area contributed by atoms with Gasteiger partial charge in [0.15, 0.2) is 0 Å². The van der Waals surface area contributed by atoms with Gasteiger partial charge < -0.3 is 4.90 Å². The number of rotatable bonds is 4. The predicted octanol–water partition coefficient (Wildman–Crippen LogP) is 4.77. The van der Waals surface area contributed by atoms with E-state index in [-0.39, 0.29) is 11.7 Å². The Morgan fingerprint density at radius 3 is 2.21 bits per heavy atom. The zero-order chi connectivity index (χ0) is 17.2. The highest BCUT2D eigenvalue weighted by atomic mass is 19.1. The van der Waals surface area contributed by atoms with Crippen molar-refractivity contribution in [1.82, 2.24) is 4.90 Å². The number of amides is 1. The second-order valence-electron chi connectivity index (χ2n) is 6.19. The van der Waals surface area contributed by atoms with Crippen LogP contribution in [0.1, 0.15) is 36.8 Å². The normalized spacial score (nSPS) is 13.3. The van der Waals surface area contributed by atoms with E-state index in [1.54, 1.807) is 12.1 Å². The molecule has 1 amide bonds. The van der Waals surface area contributed by atoms with E-state index in [0.717, 1.165) is 32.4 Å². The number of hydrogen-bond donors (Lipinski definition) is 0. The lowest BCUT2D eigenvalue weighted by Crippen LogP contribution is -2.27. The molecule has 0 N–H and O–H groups in total. The summed E-state index contributed by atoms with van der Waals surface area (Å²) in [6, 6.07) is 17.0. The number of carbonyl (C=O) groups is 1. The average Bonchev–Trinajstić information content (AvgIpc) is 3.12. The molecule has 0 radical (unpaired) electrons. The molecule has 1 heterocycles. The SMILES string of the molecule is Cc1ccccc1.O=C(CCCc1ccccc1F)N1CCCC1. The number of hydrogen-bond acceptors (Lipinski definition) is 1. The van der Waals surface area contributed by atoms with Crippen LogP contribution in [0, 0.1) is 12.7 Å². The van der Waals surface area contributed by atoms with Crippen molar-refractivity contribution < 1.29 is 9.18 Å². The van der Waals surface area contributed by atoms with Crippen molar-refractivity contribution in [2.45, 2.75) is 39.0 Å². The zero-order valence-corrected chi connectivity index (χ0v) is 14.4. The Hall–Kier alpha value is -2.16. The molecule has 0 bridgehead atoms. The quantitative estimate of drug-likeness (QED) is 0.792. The Balaban J connectivity index is 0.000000249. The van der Waals surface area contributed by atoms with Crippen molar-refractivity contribution >= 4 is 5.91 Å². The summed E-state index contributed by atoms with van der Waals surface area (Å²) in [7, 11) is 0. The molecular formula is C21H26FNO. The van der Waals surface area contributed by atoms with Crippen LogP contribution in [0.2, 0.25) is 0 Å². The van der Waals surface area contributed by atoms with Crippen LogP contribution in [0.3, 0.4) is 0 Å². The van der Waals surface area contributed by atoms with E-state index in [9.17, 15) is 9.18 Å². The number of carbonyl (C=O) groups excluding carboxylic acids is 1. The molecule has 3 heteroatoms. The van der Waals surface area contributed by atoms with Crippen molar-refractivity contribution in [3.8, 4) is 0 Å². The second-order valence-corrected chi connectivity index (χ2v) is 6.19. The van der Waals surface area contributed by atoms with Crippen LogP contribution in [0.15, 0.2) is 54.6 Å². The highest BCUT2D eigenvalue weighted by Crippen LogP contribution is 2.13. The summed E-state index contributed by atoms with van der Waals surface area (Å²) in [6.45, 7) is 3.89. The van der Waals surface area contributed by atoms with Crippen LogP contribution in [0.25, 0.3) is 0 Å². The van der Waals surface area contributed by atoms with Gasteiger partial charge in [0.25, 0.3) is 0 Å². The van der Waals surface area contributed by atoms with Gasteiger partial charge in [-0.25, -0.2) is 4.39 Å². The topological polar surface area (TPSA) is 20.3 Å². The Kier molecular flexibility index (Phi) is 7.47. The van der Waals surface area contributed by atoms with Gasteiger partial charge in [0.1, 0.15) is 5.82 Å². The lowest BCUT2D eigenvalue weighted by Gasteiger charge is -2.14. The van der Waals surface area contributed by atoms with E-state index >= 15 is 0 Å². The molecule has 1 aliphatic heterocycles. The molecular weight excluding hydrogens is 301 g/mol. The van der Waals surface area contributed by atoms with Crippen LogP contribution >= 0.6 is 0 Å². The van der Waals surface area contributed by atoms with Gasteiger partial charge in [-0.2, -0.15) is 0 Å². The smallest absolute Gasteiger partial charge is 0.222 e. The summed E-state index contributed by atoms with van der Waals surface area (Å²) in [5.41, 5.74) is 2.03. The number of likely N-dealkylation sites (tertiary alicyclic amines) is 1. The first-order chi connectivity index (χ1) is 11.7. The molecule has 1 saturated heterocycles. The molecule has 3 rings (SSSR count). The molecule has 0 saturated carbocycles. The monoisotopic (exact) mass is 327 g/mol. The Morgan fingerprint density at radius 1 is 1.00 bits per heavy atom. The predicted molar refractivity (Wildman–Crippen MR) is 96.3 cm³/mol. The van der Waals surface area contributed by atoms with Gasteiger partial charge in [-0.15, -0.1) is 0 Å². The van der Waals surface area contributed by atoms with E-state index in [1.165, 1.54) is 11.6 Å². The van der Waals surface area contributed by atoms with Crippen LogP contribution in [-0.4, -0.2) is 23.9 Å². The summed E-state index contributed by atoms with van der Waals surface area (Å²) in [4.78, 5) is 13.7. The second kappa shape index (κ2) is 9.86. The van der Waals surface area contributed by atoms with Crippen LogP contribution in [-0.2, 0) is 11.2 Å². The number of aryl methyl sites for hydroxylation is 2. The van der Waals surface area contributed by atoms with Gasteiger partial charge in [0.05, 0.1) is 0 Å².